The number of alkyl halides is 1. The number of ether oxygens (including phenoxy) is 1. The molecule has 4 rings (SSSR count). The maximum Gasteiger partial charge on any atom is 0.416 e. The van der Waals surface area contributed by atoms with Crippen LogP contribution >= 0.6 is 11.6 Å². The zero-order chi connectivity index (χ0) is 25.3. The Bertz CT molecular complexity index is 1240. The highest BCUT2D eigenvalue weighted by Gasteiger charge is 2.31. The molecule has 0 saturated heterocycles. The predicted octanol–water partition coefficient (Wildman–Crippen LogP) is 5.85. The molecule has 1 fully saturated rings. The Hall–Kier alpha value is -3.13. The molecular weight excluding hydrogens is 466 g/mol. The van der Waals surface area contributed by atoms with Crippen LogP contribution < -0.4 is 10.2 Å². The normalized spacial score (nSPS) is 13.8. The number of halogens is 1. The third kappa shape index (κ3) is 5.93. The molecule has 2 amide bonds. The number of amides is 2. The number of carbonyl (C=O) groups is 2. The van der Waals surface area contributed by atoms with E-state index in [9.17, 15) is 9.59 Å². The molecule has 0 spiro atoms. The Morgan fingerprint density at radius 2 is 2.00 bits per heavy atom. The number of nitrogens with one attached hydrogen (secondary N) is 1. The monoisotopic (exact) mass is 497 g/mol. The molecule has 0 unspecified atom stereocenters. The summed E-state index contributed by atoms with van der Waals surface area (Å²) in [6, 6.07) is 9.28. The number of rotatable bonds is 7. The van der Waals surface area contributed by atoms with Crippen molar-refractivity contribution in [3.63, 3.8) is 0 Å². The van der Waals surface area contributed by atoms with Crippen LogP contribution in [-0.2, 0) is 16.1 Å². The van der Waals surface area contributed by atoms with Crippen molar-refractivity contribution in [2.24, 2.45) is 0 Å². The van der Waals surface area contributed by atoms with Crippen LogP contribution in [0.25, 0.3) is 5.65 Å². The van der Waals surface area contributed by atoms with Crippen molar-refractivity contribution in [3.8, 4) is 0 Å². The number of carbonyl (C=O) groups excluding carboxylic acids is 2. The van der Waals surface area contributed by atoms with E-state index >= 15 is 0 Å². The summed E-state index contributed by atoms with van der Waals surface area (Å²) in [5.41, 5.74) is 3.50. The van der Waals surface area contributed by atoms with E-state index in [-0.39, 0.29) is 24.2 Å². The van der Waals surface area contributed by atoms with E-state index < -0.39 is 11.7 Å². The van der Waals surface area contributed by atoms with Crippen LogP contribution in [0.3, 0.4) is 0 Å². The molecule has 1 aromatic carbocycles. The van der Waals surface area contributed by atoms with Crippen molar-refractivity contribution < 1.29 is 14.3 Å². The van der Waals surface area contributed by atoms with Crippen molar-refractivity contribution >= 4 is 40.8 Å². The van der Waals surface area contributed by atoms with Gasteiger partial charge in [-0.1, -0.05) is 26.0 Å². The highest BCUT2D eigenvalue weighted by atomic mass is 35.5. The Morgan fingerprint density at radius 3 is 2.63 bits per heavy atom. The average Bonchev–Trinajstić information content (AvgIpc) is 3.54. The minimum absolute atomic E-state index is 0.134. The minimum atomic E-state index is -0.676. The molecule has 35 heavy (non-hydrogen) atoms. The zero-order valence-corrected chi connectivity index (χ0v) is 21.6. The maximum atomic E-state index is 13.5. The number of nitrogens with zero attached hydrogens (tertiary/aromatic N) is 4. The van der Waals surface area contributed by atoms with Crippen molar-refractivity contribution in [2.45, 2.75) is 71.4 Å². The van der Waals surface area contributed by atoms with Crippen LogP contribution in [0.2, 0.25) is 0 Å². The number of anilines is 2. The molecule has 2 heterocycles. The molecular formula is C26H32ClN5O3. The molecule has 0 aliphatic heterocycles. The first-order valence-electron chi connectivity index (χ1n) is 11.9. The van der Waals surface area contributed by atoms with Gasteiger partial charge in [-0.25, -0.2) is 9.78 Å². The summed E-state index contributed by atoms with van der Waals surface area (Å²) < 4.78 is 7.52. The number of fused-ring (bicyclic) bond motifs is 1. The van der Waals surface area contributed by atoms with Gasteiger partial charge in [0, 0.05) is 28.9 Å². The van der Waals surface area contributed by atoms with Crippen LogP contribution in [0.4, 0.5) is 16.3 Å². The van der Waals surface area contributed by atoms with Gasteiger partial charge in [-0.05, 0) is 57.2 Å². The molecule has 0 atom stereocenters. The topological polar surface area (TPSA) is 88.8 Å². The van der Waals surface area contributed by atoms with E-state index in [0.29, 0.717) is 17.4 Å². The molecule has 0 bridgehead atoms. The van der Waals surface area contributed by atoms with E-state index in [1.807, 2.05) is 51.2 Å². The van der Waals surface area contributed by atoms with Gasteiger partial charge in [0.15, 0.2) is 5.65 Å². The fourth-order valence-corrected chi connectivity index (χ4v) is 3.92. The van der Waals surface area contributed by atoms with Gasteiger partial charge in [0.1, 0.15) is 17.3 Å². The average molecular weight is 498 g/mol. The molecule has 1 aliphatic rings. The van der Waals surface area contributed by atoms with Crippen LogP contribution in [0.5, 0.6) is 0 Å². The van der Waals surface area contributed by atoms with Gasteiger partial charge in [-0.3, -0.25) is 9.69 Å². The third-order valence-corrected chi connectivity index (χ3v) is 5.92. The lowest BCUT2D eigenvalue weighted by Gasteiger charge is -2.28. The van der Waals surface area contributed by atoms with Crippen molar-refractivity contribution in [1.29, 1.82) is 0 Å². The summed E-state index contributed by atoms with van der Waals surface area (Å²) in [5.74, 6) is 0.802. The standard InChI is InChI=1S/C26H32ClN5O3/c1-16(2)20-14-28-32-23(12-21(18-9-10-18)30-24(20)32)31(25(34)35-26(3,4)5)15-17-7-6-8-19(11-17)29-22(33)13-27/h6-8,11-12,14,16,18H,9-10,13,15H2,1-5H3,(H,29,33). The minimum Gasteiger partial charge on any atom is -0.443 e. The van der Waals surface area contributed by atoms with Crippen LogP contribution in [-0.4, -0.2) is 38.1 Å². The van der Waals surface area contributed by atoms with E-state index in [4.69, 9.17) is 21.3 Å². The summed E-state index contributed by atoms with van der Waals surface area (Å²) in [7, 11) is 0. The predicted molar refractivity (Wildman–Crippen MR) is 137 cm³/mol. The molecule has 1 saturated carbocycles. The molecule has 9 heteroatoms. The molecule has 1 aliphatic carbocycles. The number of benzene rings is 1. The Kier molecular flexibility index (Phi) is 7.03. The number of hydrogen-bond acceptors (Lipinski definition) is 5. The van der Waals surface area contributed by atoms with Crippen molar-refractivity contribution in [3.05, 3.63) is 53.3 Å². The second-order valence-corrected chi connectivity index (χ2v) is 10.5. The molecule has 3 aromatic rings. The van der Waals surface area contributed by atoms with Crippen molar-refractivity contribution in [2.75, 3.05) is 16.1 Å². The van der Waals surface area contributed by atoms with E-state index in [0.717, 1.165) is 35.3 Å². The molecule has 0 radical (unpaired) electrons. The molecule has 186 valence electrons. The Balaban J connectivity index is 1.80. The molecule has 1 N–H and O–H groups in total. The Morgan fingerprint density at radius 1 is 1.26 bits per heavy atom. The molecule has 2 aromatic heterocycles. The summed E-state index contributed by atoms with van der Waals surface area (Å²) in [5, 5.41) is 7.36. The summed E-state index contributed by atoms with van der Waals surface area (Å²) in [6.45, 7) is 9.96. The lowest BCUT2D eigenvalue weighted by Crippen LogP contribution is -2.37. The fraction of sp³-hybridized carbons (Fsp3) is 0.462. The van der Waals surface area contributed by atoms with Gasteiger partial charge >= 0.3 is 6.09 Å². The SMILES string of the molecule is CC(C)c1cnn2c(N(Cc3cccc(NC(=O)CCl)c3)C(=O)OC(C)(C)C)cc(C3CC3)nc12. The summed E-state index contributed by atoms with van der Waals surface area (Å²) in [6.07, 6.45) is 3.51. The van der Waals surface area contributed by atoms with Gasteiger partial charge in [0.25, 0.3) is 0 Å². The van der Waals surface area contributed by atoms with Crippen LogP contribution in [0.15, 0.2) is 36.5 Å². The van der Waals surface area contributed by atoms with E-state index in [1.165, 1.54) is 0 Å². The second kappa shape index (κ2) is 9.85. The van der Waals surface area contributed by atoms with Crippen LogP contribution in [0, 0.1) is 0 Å². The first-order valence-corrected chi connectivity index (χ1v) is 12.4. The summed E-state index contributed by atoms with van der Waals surface area (Å²) in [4.78, 5) is 31.8. The lowest BCUT2D eigenvalue weighted by atomic mass is 10.1. The van der Waals surface area contributed by atoms with E-state index in [1.54, 1.807) is 15.5 Å². The van der Waals surface area contributed by atoms with Gasteiger partial charge in [0.2, 0.25) is 5.91 Å². The van der Waals surface area contributed by atoms with Crippen molar-refractivity contribution in [1.82, 2.24) is 14.6 Å². The van der Waals surface area contributed by atoms with E-state index in [2.05, 4.69) is 24.3 Å². The third-order valence-electron chi connectivity index (χ3n) is 5.68. The first kappa shape index (κ1) is 25.0. The van der Waals surface area contributed by atoms with Crippen LogP contribution in [0.1, 0.15) is 76.1 Å². The largest absolute Gasteiger partial charge is 0.443 e. The summed E-state index contributed by atoms with van der Waals surface area (Å²) >= 11 is 5.64. The Labute approximate surface area is 210 Å². The fourth-order valence-electron chi connectivity index (χ4n) is 3.85. The smallest absolute Gasteiger partial charge is 0.416 e. The molecule has 8 nitrogen and oxygen atoms in total. The zero-order valence-electron chi connectivity index (χ0n) is 20.8. The maximum absolute atomic E-state index is 13.5. The quantitative estimate of drug-likeness (QED) is 0.413. The van der Waals surface area contributed by atoms with Gasteiger partial charge in [-0.15, -0.1) is 11.6 Å². The highest BCUT2D eigenvalue weighted by molar-refractivity contribution is 6.29. The van der Waals surface area contributed by atoms with Gasteiger partial charge in [-0.2, -0.15) is 9.61 Å². The number of hydrogen-bond donors (Lipinski definition) is 1. The van der Waals surface area contributed by atoms with Gasteiger partial charge in [0.05, 0.1) is 12.7 Å². The highest BCUT2D eigenvalue weighted by Crippen LogP contribution is 2.41. The lowest BCUT2D eigenvalue weighted by molar-refractivity contribution is -0.113. The van der Waals surface area contributed by atoms with Gasteiger partial charge < -0.3 is 10.1 Å². The number of aromatic nitrogens is 3. The second-order valence-electron chi connectivity index (χ2n) is 10.3. The first-order chi connectivity index (χ1) is 16.6.